The van der Waals surface area contributed by atoms with E-state index in [2.05, 4.69) is 6.92 Å². The summed E-state index contributed by atoms with van der Waals surface area (Å²) in [6.45, 7) is 2.85. The number of unbranched alkanes of at least 4 members (excludes halogenated alkanes) is 3. The quantitative estimate of drug-likeness (QED) is 0.685. The minimum Gasteiger partial charge on any atom is -0.494 e. The molecule has 2 aromatic rings. The largest absolute Gasteiger partial charge is 0.494 e. The minimum atomic E-state index is -1.14. The van der Waals surface area contributed by atoms with Gasteiger partial charge in [-0.3, -0.25) is 0 Å². The van der Waals surface area contributed by atoms with E-state index in [1.54, 1.807) is 24.3 Å². The van der Waals surface area contributed by atoms with E-state index in [0.29, 0.717) is 17.7 Å². The fourth-order valence-electron chi connectivity index (χ4n) is 2.33. The summed E-state index contributed by atoms with van der Waals surface area (Å²) in [5.74, 6) is -0.923. The molecule has 4 heteroatoms. The third-order valence-electron chi connectivity index (χ3n) is 3.65. The average Bonchev–Trinajstić information content (AvgIpc) is 2.55. The van der Waals surface area contributed by atoms with Gasteiger partial charge >= 0.3 is 5.97 Å². The molecule has 23 heavy (non-hydrogen) atoms. The molecular formula is C19H21FO3. The molecular weight excluding hydrogens is 295 g/mol. The van der Waals surface area contributed by atoms with E-state index < -0.39 is 11.8 Å². The first-order chi connectivity index (χ1) is 11.1. The number of hydrogen-bond acceptors (Lipinski definition) is 2. The zero-order valence-corrected chi connectivity index (χ0v) is 13.2. The second-order valence-corrected chi connectivity index (χ2v) is 5.43. The lowest BCUT2D eigenvalue weighted by atomic mass is 10.0. The lowest BCUT2D eigenvalue weighted by Crippen LogP contribution is -1.98. The Labute approximate surface area is 135 Å². The molecule has 1 N–H and O–H groups in total. The predicted molar refractivity (Wildman–Crippen MR) is 88.4 cm³/mol. The topological polar surface area (TPSA) is 46.5 Å². The van der Waals surface area contributed by atoms with E-state index in [1.165, 1.54) is 25.0 Å². The van der Waals surface area contributed by atoms with Crippen LogP contribution in [0.1, 0.15) is 43.0 Å². The zero-order valence-electron chi connectivity index (χ0n) is 13.2. The molecule has 0 heterocycles. The zero-order chi connectivity index (χ0) is 16.7. The fraction of sp³-hybridized carbons (Fsp3) is 0.316. The molecule has 0 fully saturated rings. The summed E-state index contributed by atoms with van der Waals surface area (Å²) in [7, 11) is 0. The summed E-state index contributed by atoms with van der Waals surface area (Å²) in [5, 5.41) is 8.86. The van der Waals surface area contributed by atoms with Gasteiger partial charge < -0.3 is 9.84 Å². The maximum Gasteiger partial charge on any atom is 0.335 e. The SMILES string of the molecule is CCCCCCOc1ccc(-c2ccc(C(=O)O)cc2F)cc1. The maximum atomic E-state index is 14.0. The van der Waals surface area contributed by atoms with Crippen molar-refractivity contribution in [1.29, 1.82) is 0 Å². The Balaban J connectivity index is 2.00. The van der Waals surface area contributed by atoms with Crippen LogP contribution in [0.25, 0.3) is 11.1 Å². The van der Waals surface area contributed by atoms with Gasteiger partial charge in [-0.2, -0.15) is 0 Å². The van der Waals surface area contributed by atoms with Gasteiger partial charge in [-0.1, -0.05) is 44.4 Å². The molecule has 0 saturated carbocycles. The summed E-state index contributed by atoms with van der Waals surface area (Å²) < 4.78 is 19.7. The van der Waals surface area contributed by atoms with Crippen LogP contribution in [0.2, 0.25) is 0 Å². The third-order valence-corrected chi connectivity index (χ3v) is 3.65. The van der Waals surface area contributed by atoms with Gasteiger partial charge in [0.05, 0.1) is 12.2 Å². The van der Waals surface area contributed by atoms with Crippen molar-refractivity contribution in [2.75, 3.05) is 6.61 Å². The molecule has 0 bridgehead atoms. The molecule has 2 aromatic carbocycles. The first kappa shape index (κ1) is 17.0. The number of benzene rings is 2. The van der Waals surface area contributed by atoms with Crippen molar-refractivity contribution >= 4 is 5.97 Å². The van der Waals surface area contributed by atoms with Crippen LogP contribution in [0, 0.1) is 5.82 Å². The maximum absolute atomic E-state index is 14.0. The van der Waals surface area contributed by atoms with E-state index in [-0.39, 0.29) is 5.56 Å². The Morgan fingerprint density at radius 2 is 1.83 bits per heavy atom. The lowest BCUT2D eigenvalue weighted by molar-refractivity contribution is 0.0696. The minimum absolute atomic E-state index is 0.0571. The van der Waals surface area contributed by atoms with Crippen molar-refractivity contribution in [3.8, 4) is 16.9 Å². The van der Waals surface area contributed by atoms with Crippen LogP contribution in [0.3, 0.4) is 0 Å². The number of aromatic carboxylic acids is 1. The van der Waals surface area contributed by atoms with Crippen LogP contribution in [-0.2, 0) is 0 Å². The number of carbonyl (C=O) groups is 1. The van der Waals surface area contributed by atoms with Gasteiger partial charge in [0.15, 0.2) is 0 Å². The highest BCUT2D eigenvalue weighted by Gasteiger charge is 2.10. The van der Waals surface area contributed by atoms with Gasteiger partial charge in [0.25, 0.3) is 0 Å². The molecule has 0 aliphatic carbocycles. The molecule has 0 aliphatic heterocycles. The van der Waals surface area contributed by atoms with Gasteiger partial charge in [-0.15, -0.1) is 0 Å². The smallest absolute Gasteiger partial charge is 0.335 e. The average molecular weight is 316 g/mol. The lowest BCUT2D eigenvalue weighted by Gasteiger charge is -2.08. The summed E-state index contributed by atoms with van der Waals surface area (Å²) in [4.78, 5) is 10.8. The molecule has 3 nitrogen and oxygen atoms in total. The van der Waals surface area contributed by atoms with Gasteiger partial charge in [0, 0.05) is 5.56 Å². The van der Waals surface area contributed by atoms with E-state index in [4.69, 9.17) is 9.84 Å². The molecule has 122 valence electrons. The fourth-order valence-corrected chi connectivity index (χ4v) is 2.33. The highest BCUT2D eigenvalue weighted by molar-refractivity contribution is 5.88. The molecule has 0 radical (unpaired) electrons. The van der Waals surface area contributed by atoms with Crippen molar-refractivity contribution in [2.24, 2.45) is 0 Å². The number of rotatable bonds is 8. The Kier molecular flexibility index (Phi) is 6.15. The molecule has 0 amide bonds. The monoisotopic (exact) mass is 316 g/mol. The summed E-state index contributed by atoms with van der Waals surface area (Å²) in [6.07, 6.45) is 4.60. The van der Waals surface area contributed by atoms with Crippen molar-refractivity contribution in [3.05, 3.63) is 53.8 Å². The normalized spacial score (nSPS) is 10.5. The van der Waals surface area contributed by atoms with E-state index in [9.17, 15) is 9.18 Å². The number of carboxylic acids is 1. The molecule has 2 rings (SSSR count). The van der Waals surface area contributed by atoms with E-state index in [0.717, 1.165) is 24.7 Å². The molecule has 0 aliphatic rings. The summed E-state index contributed by atoms with van der Waals surface area (Å²) in [5.41, 5.74) is 1.01. The number of halogens is 1. The third kappa shape index (κ3) is 4.81. The Morgan fingerprint density at radius 1 is 1.09 bits per heavy atom. The molecule has 0 saturated heterocycles. The van der Waals surface area contributed by atoms with Crippen molar-refractivity contribution in [1.82, 2.24) is 0 Å². The van der Waals surface area contributed by atoms with E-state index in [1.807, 2.05) is 0 Å². The number of ether oxygens (including phenoxy) is 1. The van der Waals surface area contributed by atoms with Crippen molar-refractivity contribution in [3.63, 3.8) is 0 Å². The number of hydrogen-bond donors (Lipinski definition) is 1. The van der Waals surface area contributed by atoms with Gasteiger partial charge in [-0.05, 0) is 36.2 Å². The van der Waals surface area contributed by atoms with Crippen LogP contribution >= 0.6 is 0 Å². The second kappa shape index (κ2) is 8.32. The predicted octanol–water partition coefficient (Wildman–Crippen LogP) is 5.15. The van der Waals surface area contributed by atoms with Crippen LogP contribution in [0.5, 0.6) is 5.75 Å². The van der Waals surface area contributed by atoms with Gasteiger partial charge in [0.2, 0.25) is 0 Å². The van der Waals surface area contributed by atoms with Gasteiger partial charge in [0.1, 0.15) is 11.6 Å². The van der Waals surface area contributed by atoms with Crippen LogP contribution in [-0.4, -0.2) is 17.7 Å². The Hall–Kier alpha value is -2.36. The standard InChI is InChI=1S/C19H21FO3/c1-2-3-4-5-12-23-16-9-6-14(7-10-16)17-11-8-15(19(21)22)13-18(17)20/h6-11,13H,2-5,12H2,1H3,(H,21,22). The van der Waals surface area contributed by atoms with Gasteiger partial charge in [-0.25, -0.2) is 9.18 Å². The highest BCUT2D eigenvalue weighted by atomic mass is 19.1. The van der Waals surface area contributed by atoms with E-state index >= 15 is 0 Å². The molecule has 0 unspecified atom stereocenters. The second-order valence-electron chi connectivity index (χ2n) is 5.43. The molecule has 0 spiro atoms. The first-order valence-electron chi connectivity index (χ1n) is 7.88. The summed E-state index contributed by atoms with van der Waals surface area (Å²) >= 11 is 0. The molecule has 0 atom stereocenters. The van der Waals surface area contributed by atoms with Crippen LogP contribution in [0.4, 0.5) is 4.39 Å². The van der Waals surface area contributed by atoms with Crippen LogP contribution in [0.15, 0.2) is 42.5 Å². The molecule has 0 aromatic heterocycles. The Morgan fingerprint density at radius 3 is 2.43 bits per heavy atom. The number of carboxylic acid groups (broad SMARTS) is 1. The highest BCUT2D eigenvalue weighted by Crippen LogP contribution is 2.26. The Bertz CT molecular complexity index is 650. The first-order valence-corrected chi connectivity index (χ1v) is 7.88. The van der Waals surface area contributed by atoms with Crippen molar-refractivity contribution < 1.29 is 19.0 Å². The van der Waals surface area contributed by atoms with Crippen LogP contribution < -0.4 is 4.74 Å². The van der Waals surface area contributed by atoms with Crippen molar-refractivity contribution in [2.45, 2.75) is 32.6 Å². The summed E-state index contributed by atoms with van der Waals surface area (Å²) in [6, 6.07) is 11.1.